The van der Waals surface area contributed by atoms with Gasteiger partial charge in [-0.15, -0.1) is 11.3 Å². The van der Waals surface area contributed by atoms with Crippen LogP contribution in [0.5, 0.6) is 0 Å². The van der Waals surface area contributed by atoms with Gasteiger partial charge >= 0.3 is 5.97 Å². The number of nitrogens with zero attached hydrogens (tertiary/aromatic N) is 1. The highest BCUT2D eigenvalue weighted by Crippen LogP contribution is 2.33. The monoisotopic (exact) mass is 332 g/mol. The van der Waals surface area contributed by atoms with E-state index in [0.29, 0.717) is 10.6 Å². The highest BCUT2D eigenvalue weighted by Gasteiger charge is 2.39. The number of hydrogen-bond acceptors (Lipinski definition) is 5. The van der Waals surface area contributed by atoms with E-state index < -0.39 is 17.9 Å². The molecule has 1 aliphatic heterocycles. The van der Waals surface area contributed by atoms with Crippen LogP contribution in [0.3, 0.4) is 0 Å². The van der Waals surface area contributed by atoms with Crippen LogP contribution in [-0.2, 0) is 14.3 Å². The van der Waals surface area contributed by atoms with E-state index in [-0.39, 0.29) is 18.3 Å². The predicted molar refractivity (Wildman–Crippen MR) is 84.7 cm³/mol. The molecule has 3 rings (SSSR count). The Bertz CT molecular complexity index is 777. The lowest BCUT2D eigenvalue weighted by molar-refractivity contribution is -0.152. The first-order valence-corrected chi connectivity index (χ1v) is 8.15. The first kappa shape index (κ1) is 15.5. The van der Waals surface area contributed by atoms with Crippen molar-refractivity contribution in [3.8, 4) is 5.69 Å². The second-order valence-corrected chi connectivity index (χ2v) is 6.15. The van der Waals surface area contributed by atoms with Crippen LogP contribution in [0.25, 0.3) is 5.69 Å². The number of hydrogen-bond donors (Lipinski definition) is 1. The van der Waals surface area contributed by atoms with E-state index in [0.717, 1.165) is 5.69 Å². The Hall–Kier alpha value is -2.41. The molecule has 2 aromatic heterocycles. The fourth-order valence-corrected chi connectivity index (χ4v) is 3.62. The summed E-state index contributed by atoms with van der Waals surface area (Å²) in [5.74, 6) is -2.32. The number of carbonyl (C=O) groups excluding carboxylic acids is 3. The molecule has 0 saturated carbocycles. The van der Waals surface area contributed by atoms with Crippen LogP contribution in [0, 0.1) is 5.92 Å². The van der Waals surface area contributed by atoms with E-state index in [1.54, 1.807) is 13.0 Å². The van der Waals surface area contributed by atoms with Gasteiger partial charge in [-0.1, -0.05) is 0 Å². The zero-order valence-corrected chi connectivity index (χ0v) is 13.6. The predicted octanol–water partition coefficient (Wildman–Crippen LogP) is 2.09. The zero-order valence-electron chi connectivity index (χ0n) is 12.7. The topological polar surface area (TPSA) is 77.4 Å². The maximum absolute atomic E-state index is 12.5. The van der Waals surface area contributed by atoms with E-state index in [9.17, 15) is 14.4 Å². The zero-order chi connectivity index (χ0) is 16.6. The van der Waals surface area contributed by atoms with Gasteiger partial charge in [-0.05, 0) is 37.4 Å². The Kier molecular flexibility index (Phi) is 4.04. The fraction of sp³-hybridized carbons (Fsp3) is 0.312. The van der Waals surface area contributed by atoms with Crippen molar-refractivity contribution in [1.29, 1.82) is 0 Å². The van der Waals surface area contributed by atoms with Crippen molar-refractivity contribution in [2.24, 2.45) is 5.92 Å². The second kappa shape index (κ2) is 6.00. The number of Topliss-reactive ketones (excluding diaryl/α,β-unsaturated/α-hetero) is 1. The summed E-state index contributed by atoms with van der Waals surface area (Å²) in [6.45, 7) is 3.19. The number of aromatic nitrogens is 1. The minimum absolute atomic E-state index is 0.178. The van der Waals surface area contributed by atoms with E-state index in [4.69, 9.17) is 4.74 Å². The summed E-state index contributed by atoms with van der Waals surface area (Å²) in [6, 6.07) is 4.71. The van der Waals surface area contributed by atoms with Crippen molar-refractivity contribution in [3.63, 3.8) is 0 Å². The van der Waals surface area contributed by atoms with E-state index in [1.165, 1.54) is 18.3 Å². The number of amides is 1. The van der Waals surface area contributed by atoms with Gasteiger partial charge in [0.05, 0.1) is 18.3 Å². The molecular weight excluding hydrogens is 316 g/mol. The molecule has 23 heavy (non-hydrogen) atoms. The molecule has 0 aromatic carbocycles. The molecule has 0 bridgehead atoms. The smallest absolute Gasteiger partial charge is 0.319 e. The van der Waals surface area contributed by atoms with E-state index >= 15 is 0 Å². The molecule has 0 saturated heterocycles. The summed E-state index contributed by atoms with van der Waals surface area (Å²) in [5.41, 5.74) is 1.44. The second-order valence-electron chi connectivity index (χ2n) is 5.23. The summed E-state index contributed by atoms with van der Waals surface area (Å²) in [5, 5.41) is 4.65. The van der Waals surface area contributed by atoms with Crippen LogP contribution >= 0.6 is 11.3 Å². The number of carbonyl (C=O) groups is 3. The molecular formula is C16H16N2O4S. The van der Waals surface area contributed by atoms with Gasteiger partial charge in [0.1, 0.15) is 16.6 Å². The minimum atomic E-state index is -1.07. The molecule has 0 fully saturated rings. The third-order valence-corrected chi connectivity index (χ3v) is 4.71. The molecule has 0 aliphatic carbocycles. The van der Waals surface area contributed by atoms with Gasteiger partial charge in [-0.2, -0.15) is 0 Å². The van der Waals surface area contributed by atoms with Crippen molar-refractivity contribution in [2.75, 3.05) is 6.61 Å². The highest BCUT2D eigenvalue weighted by molar-refractivity contribution is 7.12. The van der Waals surface area contributed by atoms with Crippen LogP contribution in [-0.4, -0.2) is 28.8 Å². The summed E-state index contributed by atoms with van der Waals surface area (Å²) in [6.07, 6.45) is 1.82. The molecule has 120 valence electrons. The Balaban J connectivity index is 2.10. The largest absolute Gasteiger partial charge is 0.465 e. The number of esters is 1. The van der Waals surface area contributed by atoms with Gasteiger partial charge in [0.15, 0.2) is 0 Å². The highest BCUT2D eigenvalue weighted by atomic mass is 32.1. The van der Waals surface area contributed by atoms with Crippen molar-refractivity contribution in [3.05, 3.63) is 40.3 Å². The molecule has 7 heteroatoms. The molecule has 2 atom stereocenters. The molecule has 2 aromatic rings. The van der Waals surface area contributed by atoms with Crippen molar-refractivity contribution in [1.82, 2.24) is 9.88 Å². The molecule has 2 unspecified atom stereocenters. The molecule has 1 amide bonds. The lowest BCUT2D eigenvalue weighted by Gasteiger charge is -2.24. The Labute approximate surface area is 137 Å². The third kappa shape index (κ3) is 2.57. The van der Waals surface area contributed by atoms with Crippen molar-refractivity contribution >= 4 is 29.0 Å². The fourth-order valence-electron chi connectivity index (χ4n) is 2.83. The number of ether oxygens (including phenoxy) is 1. The molecule has 0 radical (unpaired) electrons. The first-order valence-electron chi connectivity index (χ1n) is 7.27. The van der Waals surface area contributed by atoms with Gasteiger partial charge in [0.2, 0.25) is 0 Å². The number of ketones is 1. The molecule has 3 heterocycles. The van der Waals surface area contributed by atoms with E-state index in [2.05, 4.69) is 5.32 Å². The minimum Gasteiger partial charge on any atom is -0.465 e. The molecule has 1 N–H and O–H groups in total. The quantitative estimate of drug-likeness (QED) is 0.687. The number of nitrogens with one attached hydrogen (secondary N) is 1. The van der Waals surface area contributed by atoms with Crippen LogP contribution in [0.1, 0.15) is 35.3 Å². The van der Waals surface area contributed by atoms with Gasteiger partial charge in [0, 0.05) is 11.9 Å². The van der Waals surface area contributed by atoms with Crippen LogP contribution in [0.15, 0.2) is 29.8 Å². The van der Waals surface area contributed by atoms with E-state index in [1.807, 2.05) is 28.3 Å². The average molecular weight is 332 g/mol. The SMILES string of the molecule is CCOC(=O)C(C(C)=O)C1NC(=O)c2sccc2-n2cccc21. The summed E-state index contributed by atoms with van der Waals surface area (Å²) < 4.78 is 6.86. The first-order chi connectivity index (χ1) is 11.0. The Morgan fingerprint density at radius 2 is 2.22 bits per heavy atom. The van der Waals surface area contributed by atoms with Crippen molar-refractivity contribution < 1.29 is 19.1 Å². The van der Waals surface area contributed by atoms with Gasteiger partial charge < -0.3 is 14.6 Å². The Morgan fingerprint density at radius 1 is 1.43 bits per heavy atom. The van der Waals surface area contributed by atoms with Crippen LogP contribution in [0.4, 0.5) is 0 Å². The average Bonchev–Trinajstić information content (AvgIpc) is 3.13. The summed E-state index contributed by atoms with van der Waals surface area (Å²) in [4.78, 5) is 37.3. The van der Waals surface area contributed by atoms with Gasteiger partial charge in [-0.3, -0.25) is 14.4 Å². The van der Waals surface area contributed by atoms with Crippen LogP contribution < -0.4 is 5.32 Å². The number of thiophene rings is 1. The Morgan fingerprint density at radius 3 is 2.91 bits per heavy atom. The lowest BCUT2D eigenvalue weighted by Crippen LogP contribution is -2.40. The lowest BCUT2D eigenvalue weighted by atomic mass is 9.93. The summed E-state index contributed by atoms with van der Waals surface area (Å²) >= 11 is 1.32. The third-order valence-electron chi connectivity index (χ3n) is 3.81. The maximum Gasteiger partial charge on any atom is 0.319 e. The van der Waals surface area contributed by atoms with Crippen LogP contribution in [0.2, 0.25) is 0 Å². The summed E-state index contributed by atoms with van der Waals surface area (Å²) in [7, 11) is 0. The normalized spacial score (nSPS) is 17.5. The van der Waals surface area contributed by atoms with Gasteiger partial charge in [-0.25, -0.2) is 0 Å². The van der Waals surface area contributed by atoms with Gasteiger partial charge in [0.25, 0.3) is 5.91 Å². The standard InChI is InChI=1S/C16H16N2O4S/c1-3-22-16(21)12(9(2)19)13-10-5-4-7-18(10)11-6-8-23-14(11)15(20)17-13/h4-8,12-13H,3H2,1-2H3,(H,17,20). The molecule has 1 aliphatic rings. The number of rotatable bonds is 4. The van der Waals surface area contributed by atoms with Crippen molar-refractivity contribution in [2.45, 2.75) is 19.9 Å². The number of fused-ring (bicyclic) bond motifs is 3. The molecule has 6 nitrogen and oxygen atoms in total. The maximum atomic E-state index is 12.5. The molecule has 0 spiro atoms.